The average molecular weight is 299 g/mol. The minimum Gasteiger partial charge on any atom is -0.354 e. The number of halogens is 3. The molecule has 7 heteroatoms. The molecular weight excluding hydrogens is 287 g/mol. The van der Waals surface area contributed by atoms with E-state index in [1.807, 2.05) is 30.3 Å². The predicted molar refractivity (Wildman–Crippen MR) is 71.8 cm³/mol. The molecule has 1 aromatic carbocycles. The van der Waals surface area contributed by atoms with Crippen LogP contribution in [0, 0.1) is 0 Å². The minimum atomic E-state index is -4.49. The molecule has 2 aromatic rings. The molecular formula is C13H12F3N3S. The zero-order valence-corrected chi connectivity index (χ0v) is 11.4. The molecule has 20 heavy (non-hydrogen) atoms. The van der Waals surface area contributed by atoms with E-state index in [1.54, 1.807) is 6.92 Å². The van der Waals surface area contributed by atoms with Crippen molar-refractivity contribution in [3.63, 3.8) is 0 Å². The molecule has 0 saturated heterocycles. The molecule has 0 atom stereocenters. The highest BCUT2D eigenvalue weighted by Crippen LogP contribution is 2.33. The molecule has 0 bridgehead atoms. The van der Waals surface area contributed by atoms with Crippen LogP contribution in [-0.4, -0.2) is 16.5 Å². The summed E-state index contributed by atoms with van der Waals surface area (Å²) in [4.78, 5) is 8.37. The van der Waals surface area contributed by atoms with Gasteiger partial charge in [0.1, 0.15) is 5.03 Å². The fourth-order valence-electron chi connectivity index (χ4n) is 1.47. The Morgan fingerprint density at radius 3 is 2.45 bits per heavy atom. The van der Waals surface area contributed by atoms with E-state index >= 15 is 0 Å². The molecule has 0 aliphatic rings. The summed E-state index contributed by atoms with van der Waals surface area (Å²) in [5.74, 6) is -0.0132. The van der Waals surface area contributed by atoms with Crippen molar-refractivity contribution in [1.82, 2.24) is 9.97 Å². The molecule has 0 radical (unpaired) electrons. The summed E-state index contributed by atoms with van der Waals surface area (Å²) in [5.41, 5.74) is -0.943. The summed E-state index contributed by atoms with van der Waals surface area (Å²) in [6.07, 6.45) is -4.49. The lowest BCUT2D eigenvalue weighted by Crippen LogP contribution is -2.12. The maximum absolute atomic E-state index is 12.8. The smallest absolute Gasteiger partial charge is 0.354 e. The van der Waals surface area contributed by atoms with Gasteiger partial charge in [0.15, 0.2) is 5.69 Å². The number of hydrogen-bond acceptors (Lipinski definition) is 4. The zero-order chi connectivity index (χ0) is 14.6. The summed E-state index contributed by atoms with van der Waals surface area (Å²) in [5, 5.41) is 2.97. The van der Waals surface area contributed by atoms with Gasteiger partial charge in [-0.15, -0.1) is 0 Å². The molecule has 106 valence electrons. The highest BCUT2D eigenvalue weighted by atomic mass is 32.2. The van der Waals surface area contributed by atoms with Crippen LogP contribution in [-0.2, 0) is 6.18 Å². The Morgan fingerprint density at radius 2 is 1.85 bits per heavy atom. The van der Waals surface area contributed by atoms with E-state index in [-0.39, 0.29) is 11.0 Å². The van der Waals surface area contributed by atoms with Crippen molar-refractivity contribution in [1.29, 1.82) is 0 Å². The van der Waals surface area contributed by atoms with Crippen LogP contribution in [0.15, 0.2) is 46.3 Å². The second-order valence-electron chi connectivity index (χ2n) is 3.86. The van der Waals surface area contributed by atoms with Crippen LogP contribution in [0.2, 0.25) is 0 Å². The van der Waals surface area contributed by atoms with Crippen molar-refractivity contribution >= 4 is 17.7 Å². The van der Waals surface area contributed by atoms with Gasteiger partial charge in [-0.2, -0.15) is 13.2 Å². The van der Waals surface area contributed by atoms with Gasteiger partial charge in [-0.3, -0.25) is 0 Å². The minimum absolute atomic E-state index is 0.0132. The Balaban J connectivity index is 2.34. The van der Waals surface area contributed by atoms with Crippen LogP contribution in [0.4, 0.5) is 19.1 Å². The third kappa shape index (κ3) is 3.86. The highest BCUT2D eigenvalue weighted by molar-refractivity contribution is 7.99. The second-order valence-corrected chi connectivity index (χ2v) is 4.95. The van der Waals surface area contributed by atoms with Crippen LogP contribution < -0.4 is 5.32 Å². The first kappa shape index (κ1) is 14.6. The quantitative estimate of drug-likeness (QED) is 0.863. The average Bonchev–Trinajstić information content (AvgIpc) is 2.39. The van der Waals surface area contributed by atoms with E-state index in [2.05, 4.69) is 15.3 Å². The zero-order valence-electron chi connectivity index (χ0n) is 10.6. The standard InChI is InChI=1S/C13H12F3N3S/c1-2-17-12-18-10(13(14,15)16)8-11(19-12)20-9-6-4-3-5-7-9/h3-8H,2H2,1H3,(H,17,18,19). The van der Waals surface area contributed by atoms with Gasteiger partial charge in [0.2, 0.25) is 5.95 Å². The number of nitrogens with one attached hydrogen (secondary N) is 1. The topological polar surface area (TPSA) is 37.8 Å². The van der Waals surface area contributed by atoms with Crippen molar-refractivity contribution in [2.45, 2.75) is 23.0 Å². The van der Waals surface area contributed by atoms with Gasteiger partial charge in [-0.1, -0.05) is 30.0 Å². The highest BCUT2D eigenvalue weighted by Gasteiger charge is 2.33. The van der Waals surface area contributed by atoms with Crippen LogP contribution >= 0.6 is 11.8 Å². The monoisotopic (exact) mass is 299 g/mol. The maximum atomic E-state index is 12.8. The van der Waals surface area contributed by atoms with Crippen LogP contribution in [0.25, 0.3) is 0 Å². The van der Waals surface area contributed by atoms with Crippen molar-refractivity contribution in [2.75, 3.05) is 11.9 Å². The first-order valence-corrected chi connectivity index (χ1v) is 6.73. The van der Waals surface area contributed by atoms with Gasteiger partial charge in [0, 0.05) is 17.5 Å². The van der Waals surface area contributed by atoms with E-state index in [0.29, 0.717) is 6.54 Å². The summed E-state index contributed by atoms with van der Waals surface area (Å²) in [6.45, 7) is 2.23. The van der Waals surface area contributed by atoms with Gasteiger partial charge in [-0.25, -0.2) is 9.97 Å². The summed E-state index contributed by atoms with van der Waals surface area (Å²) in [6, 6.07) is 10.1. The molecule has 0 aliphatic carbocycles. The lowest BCUT2D eigenvalue weighted by molar-refractivity contribution is -0.141. The van der Waals surface area contributed by atoms with Gasteiger partial charge in [0.25, 0.3) is 0 Å². The maximum Gasteiger partial charge on any atom is 0.433 e. The third-order valence-electron chi connectivity index (χ3n) is 2.29. The van der Waals surface area contributed by atoms with Crippen LogP contribution in [0.3, 0.4) is 0 Å². The van der Waals surface area contributed by atoms with Crippen LogP contribution in [0.1, 0.15) is 12.6 Å². The molecule has 3 nitrogen and oxygen atoms in total. The van der Waals surface area contributed by atoms with Gasteiger partial charge in [-0.05, 0) is 19.1 Å². The molecule has 0 amide bonds. The molecule has 0 aliphatic heterocycles. The lowest BCUT2D eigenvalue weighted by atomic mass is 10.4. The Labute approximate surface area is 118 Å². The number of hydrogen-bond donors (Lipinski definition) is 1. The van der Waals surface area contributed by atoms with Crippen molar-refractivity contribution in [3.8, 4) is 0 Å². The van der Waals surface area contributed by atoms with E-state index in [0.717, 1.165) is 11.0 Å². The lowest BCUT2D eigenvalue weighted by Gasteiger charge is -2.10. The van der Waals surface area contributed by atoms with E-state index < -0.39 is 11.9 Å². The molecule has 0 saturated carbocycles. The molecule has 0 spiro atoms. The molecule has 2 rings (SSSR count). The number of aromatic nitrogens is 2. The SMILES string of the molecule is CCNc1nc(Sc2ccccc2)cc(C(F)(F)F)n1. The molecule has 1 aromatic heterocycles. The normalized spacial score (nSPS) is 11.4. The Bertz CT molecular complexity index is 573. The summed E-state index contributed by atoms with van der Waals surface area (Å²) in [7, 11) is 0. The van der Waals surface area contributed by atoms with Crippen molar-refractivity contribution < 1.29 is 13.2 Å². The molecule has 0 unspecified atom stereocenters. The fraction of sp³-hybridized carbons (Fsp3) is 0.231. The Kier molecular flexibility index (Phi) is 4.49. The molecule has 0 fully saturated rings. The number of anilines is 1. The number of rotatable bonds is 4. The van der Waals surface area contributed by atoms with E-state index in [1.165, 1.54) is 11.8 Å². The van der Waals surface area contributed by atoms with E-state index in [4.69, 9.17) is 0 Å². The van der Waals surface area contributed by atoms with Gasteiger partial charge >= 0.3 is 6.18 Å². The Hall–Kier alpha value is -1.76. The number of alkyl halides is 3. The summed E-state index contributed by atoms with van der Waals surface area (Å²) < 4.78 is 38.4. The van der Waals surface area contributed by atoms with Gasteiger partial charge in [0.05, 0.1) is 0 Å². The van der Waals surface area contributed by atoms with Crippen LogP contribution in [0.5, 0.6) is 0 Å². The molecule has 1 N–H and O–H groups in total. The molecule has 1 heterocycles. The predicted octanol–water partition coefficient (Wildman–Crippen LogP) is 4.08. The van der Waals surface area contributed by atoms with Gasteiger partial charge < -0.3 is 5.32 Å². The largest absolute Gasteiger partial charge is 0.433 e. The number of nitrogens with zero attached hydrogens (tertiary/aromatic N) is 2. The first-order valence-electron chi connectivity index (χ1n) is 5.92. The second kappa shape index (κ2) is 6.13. The van der Waals surface area contributed by atoms with E-state index in [9.17, 15) is 13.2 Å². The first-order chi connectivity index (χ1) is 9.49. The summed E-state index contributed by atoms with van der Waals surface area (Å²) >= 11 is 1.17. The number of benzene rings is 1. The van der Waals surface area contributed by atoms with Crippen molar-refractivity contribution in [3.05, 3.63) is 42.1 Å². The fourth-order valence-corrected chi connectivity index (χ4v) is 2.31. The Morgan fingerprint density at radius 1 is 1.15 bits per heavy atom. The van der Waals surface area contributed by atoms with Crippen molar-refractivity contribution in [2.24, 2.45) is 0 Å². The third-order valence-corrected chi connectivity index (χ3v) is 3.22.